The molecule has 1 aromatic carbocycles. The number of likely N-dealkylation sites (N-methyl/N-ethyl adjacent to an activating group) is 1. The van der Waals surface area contributed by atoms with Crippen LogP contribution in [0.1, 0.15) is 18.9 Å². The van der Waals surface area contributed by atoms with E-state index in [4.69, 9.17) is 4.74 Å². The molecule has 1 aromatic rings. The fraction of sp³-hybridized carbons (Fsp3) is 0.625. The third-order valence-corrected chi connectivity index (χ3v) is 3.77. The molecule has 1 aliphatic rings. The number of aryl methyl sites for hydroxylation is 1. The van der Waals surface area contributed by atoms with Gasteiger partial charge in [-0.15, -0.1) is 0 Å². The van der Waals surface area contributed by atoms with Crippen molar-refractivity contribution < 1.29 is 4.74 Å². The zero-order valence-electron chi connectivity index (χ0n) is 12.3. The minimum absolute atomic E-state index is 0.739. The molecule has 1 aliphatic heterocycles. The molecule has 0 aliphatic carbocycles. The van der Waals surface area contributed by atoms with Crippen LogP contribution in [0.3, 0.4) is 0 Å². The van der Waals surface area contributed by atoms with E-state index in [1.807, 2.05) is 6.92 Å². The second kappa shape index (κ2) is 7.51. The zero-order chi connectivity index (χ0) is 13.5. The summed E-state index contributed by atoms with van der Waals surface area (Å²) in [7, 11) is 2.21. The molecular weight excluding hydrogens is 236 g/mol. The molecule has 0 spiro atoms. The van der Waals surface area contributed by atoms with Crippen LogP contribution in [0.5, 0.6) is 5.75 Å². The third kappa shape index (κ3) is 4.84. The quantitative estimate of drug-likeness (QED) is 0.782. The highest BCUT2D eigenvalue weighted by molar-refractivity contribution is 5.27. The van der Waals surface area contributed by atoms with Gasteiger partial charge in [-0.3, -0.25) is 0 Å². The highest BCUT2D eigenvalue weighted by atomic mass is 16.5. The van der Waals surface area contributed by atoms with Crippen molar-refractivity contribution in [3.8, 4) is 5.75 Å². The van der Waals surface area contributed by atoms with Gasteiger partial charge < -0.3 is 14.5 Å². The minimum Gasteiger partial charge on any atom is -0.494 e. The van der Waals surface area contributed by atoms with Crippen LogP contribution in [0.25, 0.3) is 0 Å². The molecule has 1 heterocycles. The Labute approximate surface area is 117 Å². The van der Waals surface area contributed by atoms with Crippen LogP contribution in [-0.2, 0) is 6.42 Å². The Morgan fingerprint density at radius 3 is 2.37 bits per heavy atom. The van der Waals surface area contributed by atoms with Gasteiger partial charge >= 0.3 is 0 Å². The molecule has 106 valence electrons. The summed E-state index contributed by atoms with van der Waals surface area (Å²) in [5, 5.41) is 0. The van der Waals surface area contributed by atoms with Crippen molar-refractivity contribution in [1.29, 1.82) is 0 Å². The summed E-state index contributed by atoms with van der Waals surface area (Å²) in [6.45, 7) is 8.85. The number of rotatable bonds is 6. The fourth-order valence-electron chi connectivity index (χ4n) is 2.50. The smallest absolute Gasteiger partial charge is 0.119 e. The van der Waals surface area contributed by atoms with Gasteiger partial charge in [0.25, 0.3) is 0 Å². The van der Waals surface area contributed by atoms with Gasteiger partial charge in [0.05, 0.1) is 6.61 Å². The molecule has 2 rings (SSSR count). The molecule has 1 fully saturated rings. The summed E-state index contributed by atoms with van der Waals surface area (Å²) >= 11 is 0. The van der Waals surface area contributed by atoms with Crippen LogP contribution in [-0.4, -0.2) is 56.2 Å². The van der Waals surface area contributed by atoms with Crippen molar-refractivity contribution in [2.24, 2.45) is 0 Å². The number of nitrogens with zero attached hydrogens (tertiary/aromatic N) is 2. The van der Waals surface area contributed by atoms with Gasteiger partial charge in [0, 0.05) is 26.2 Å². The van der Waals surface area contributed by atoms with Crippen LogP contribution in [0.15, 0.2) is 24.3 Å². The Hall–Kier alpha value is -1.06. The molecule has 1 saturated heterocycles. The van der Waals surface area contributed by atoms with Crippen LogP contribution in [0.2, 0.25) is 0 Å². The van der Waals surface area contributed by atoms with Gasteiger partial charge in [0.2, 0.25) is 0 Å². The maximum absolute atomic E-state index is 5.46. The van der Waals surface area contributed by atoms with Crippen molar-refractivity contribution in [2.45, 2.75) is 19.8 Å². The van der Waals surface area contributed by atoms with Crippen molar-refractivity contribution in [1.82, 2.24) is 9.80 Å². The predicted octanol–water partition coefficient (Wildman–Crippen LogP) is 2.27. The standard InChI is InChI=1S/C16H26N2O/c1-3-19-16-8-6-15(7-9-16)5-4-10-18-13-11-17(2)12-14-18/h6-9H,3-5,10-14H2,1-2H3. The average Bonchev–Trinajstić information content (AvgIpc) is 2.43. The second-order valence-corrected chi connectivity index (χ2v) is 5.33. The molecule has 0 aromatic heterocycles. The van der Waals surface area contributed by atoms with Gasteiger partial charge in [0.15, 0.2) is 0 Å². The summed E-state index contributed by atoms with van der Waals surface area (Å²) in [4.78, 5) is 4.98. The Balaban J connectivity index is 1.67. The Bertz CT molecular complexity index is 356. The van der Waals surface area contributed by atoms with Gasteiger partial charge in [0.1, 0.15) is 5.75 Å². The summed E-state index contributed by atoms with van der Waals surface area (Å²) in [5.41, 5.74) is 1.41. The highest BCUT2D eigenvalue weighted by Gasteiger charge is 2.12. The molecule has 0 radical (unpaired) electrons. The van der Waals surface area contributed by atoms with Gasteiger partial charge in [-0.25, -0.2) is 0 Å². The first-order chi connectivity index (χ1) is 9.28. The van der Waals surface area contributed by atoms with E-state index in [-0.39, 0.29) is 0 Å². The molecule has 3 heteroatoms. The summed E-state index contributed by atoms with van der Waals surface area (Å²) < 4.78 is 5.46. The van der Waals surface area contributed by atoms with Crippen LogP contribution in [0.4, 0.5) is 0 Å². The minimum atomic E-state index is 0.739. The summed E-state index contributed by atoms with van der Waals surface area (Å²) in [6.07, 6.45) is 2.41. The van der Waals surface area contributed by atoms with E-state index in [9.17, 15) is 0 Å². The van der Waals surface area contributed by atoms with Crippen molar-refractivity contribution in [3.63, 3.8) is 0 Å². The van der Waals surface area contributed by atoms with Gasteiger partial charge in [-0.2, -0.15) is 0 Å². The van der Waals surface area contributed by atoms with Gasteiger partial charge in [-0.1, -0.05) is 12.1 Å². The first-order valence-electron chi connectivity index (χ1n) is 7.40. The van der Waals surface area contributed by atoms with Crippen molar-refractivity contribution in [2.75, 3.05) is 46.4 Å². The largest absolute Gasteiger partial charge is 0.494 e. The Morgan fingerprint density at radius 1 is 1.05 bits per heavy atom. The van der Waals surface area contributed by atoms with Crippen LogP contribution < -0.4 is 4.74 Å². The van der Waals surface area contributed by atoms with Crippen molar-refractivity contribution in [3.05, 3.63) is 29.8 Å². The highest BCUT2D eigenvalue weighted by Crippen LogP contribution is 2.13. The van der Waals surface area contributed by atoms with Crippen LogP contribution in [0, 0.1) is 0 Å². The van der Waals surface area contributed by atoms with E-state index >= 15 is 0 Å². The average molecular weight is 262 g/mol. The maximum atomic E-state index is 5.46. The number of hydrogen-bond acceptors (Lipinski definition) is 3. The second-order valence-electron chi connectivity index (χ2n) is 5.33. The molecule has 0 amide bonds. The number of hydrogen-bond donors (Lipinski definition) is 0. The molecule has 0 saturated carbocycles. The lowest BCUT2D eigenvalue weighted by Gasteiger charge is -2.32. The molecule has 0 atom stereocenters. The van der Waals surface area contributed by atoms with Crippen LogP contribution >= 0.6 is 0 Å². The monoisotopic (exact) mass is 262 g/mol. The zero-order valence-corrected chi connectivity index (χ0v) is 12.3. The lowest BCUT2D eigenvalue weighted by Crippen LogP contribution is -2.44. The number of ether oxygens (including phenoxy) is 1. The van der Waals surface area contributed by atoms with Gasteiger partial charge in [-0.05, 0) is 51.1 Å². The summed E-state index contributed by atoms with van der Waals surface area (Å²) in [5.74, 6) is 0.977. The number of benzene rings is 1. The van der Waals surface area contributed by atoms with E-state index in [0.29, 0.717) is 0 Å². The molecule has 0 unspecified atom stereocenters. The van der Waals surface area contributed by atoms with E-state index in [0.717, 1.165) is 12.4 Å². The molecule has 0 N–H and O–H groups in total. The molecular formula is C16H26N2O. The Morgan fingerprint density at radius 2 is 1.74 bits per heavy atom. The molecule has 0 bridgehead atoms. The topological polar surface area (TPSA) is 15.7 Å². The van der Waals surface area contributed by atoms with E-state index in [2.05, 4.69) is 41.1 Å². The first-order valence-corrected chi connectivity index (χ1v) is 7.40. The van der Waals surface area contributed by atoms with E-state index in [1.54, 1.807) is 0 Å². The normalized spacial score (nSPS) is 17.6. The van der Waals surface area contributed by atoms with E-state index < -0.39 is 0 Å². The van der Waals surface area contributed by atoms with Crippen molar-refractivity contribution >= 4 is 0 Å². The third-order valence-electron chi connectivity index (χ3n) is 3.77. The number of piperazine rings is 1. The SMILES string of the molecule is CCOc1ccc(CCCN2CCN(C)CC2)cc1. The van der Waals surface area contributed by atoms with E-state index in [1.165, 1.54) is 51.1 Å². The summed E-state index contributed by atoms with van der Waals surface area (Å²) in [6, 6.07) is 8.54. The fourth-order valence-corrected chi connectivity index (χ4v) is 2.50. The lowest BCUT2D eigenvalue weighted by molar-refractivity contribution is 0.153. The molecule has 3 nitrogen and oxygen atoms in total. The Kier molecular flexibility index (Phi) is 5.67. The predicted molar refractivity (Wildman–Crippen MR) is 79.9 cm³/mol. The lowest BCUT2D eigenvalue weighted by atomic mass is 10.1. The molecule has 19 heavy (non-hydrogen) atoms. The maximum Gasteiger partial charge on any atom is 0.119 e. The first kappa shape index (κ1) is 14.4.